The van der Waals surface area contributed by atoms with Crippen LogP contribution < -0.4 is 5.32 Å². The predicted molar refractivity (Wildman–Crippen MR) is 88.7 cm³/mol. The van der Waals surface area contributed by atoms with E-state index >= 15 is 0 Å². The van der Waals surface area contributed by atoms with Crippen LogP contribution in [0.15, 0.2) is 29.2 Å². The van der Waals surface area contributed by atoms with Crippen LogP contribution in [-0.2, 0) is 9.84 Å². The van der Waals surface area contributed by atoms with Crippen LogP contribution in [0.4, 0.5) is 0 Å². The molecule has 2 N–H and O–H groups in total. The Bertz CT molecular complexity index is 587. The molecule has 1 aliphatic carbocycles. The maximum atomic E-state index is 12.9. The normalized spacial score (nSPS) is 23.5. The van der Waals surface area contributed by atoms with Gasteiger partial charge in [-0.2, -0.15) is 0 Å². The fourth-order valence-corrected chi connectivity index (χ4v) is 4.99. The van der Waals surface area contributed by atoms with Gasteiger partial charge in [-0.05, 0) is 45.7 Å². The third-order valence-electron chi connectivity index (χ3n) is 4.25. The highest BCUT2D eigenvalue weighted by atomic mass is 32.2. The molecule has 0 spiro atoms. The van der Waals surface area contributed by atoms with Crippen molar-refractivity contribution in [3.8, 4) is 0 Å². The topological polar surface area (TPSA) is 66.4 Å². The average molecular weight is 325 g/mol. The monoisotopic (exact) mass is 325 g/mol. The van der Waals surface area contributed by atoms with Crippen LogP contribution in [0.1, 0.15) is 45.1 Å². The number of hydrogen-bond acceptors (Lipinski definition) is 4. The number of benzene rings is 1. The Morgan fingerprint density at radius 2 is 1.77 bits per heavy atom. The first-order valence-electron chi connectivity index (χ1n) is 7.96. The molecule has 22 heavy (non-hydrogen) atoms. The predicted octanol–water partition coefficient (Wildman–Crippen LogP) is 2.44. The summed E-state index contributed by atoms with van der Waals surface area (Å²) in [6.07, 6.45) is 3.49. The van der Waals surface area contributed by atoms with Gasteiger partial charge in [-0.1, -0.05) is 30.5 Å². The van der Waals surface area contributed by atoms with Gasteiger partial charge in [-0.25, -0.2) is 8.42 Å². The summed E-state index contributed by atoms with van der Waals surface area (Å²) in [5.41, 5.74) is 0.217. The molecule has 0 aromatic heterocycles. The van der Waals surface area contributed by atoms with E-state index in [1.165, 1.54) is 0 Å². The summed E-state index contributed by atoms with van der Waals surface area (Å²) < 4.78 is 25.9. The zero-order chi connectivity index (χ0) is 16.4. The first kappa shape index (κ1) is 17.4. The van der Waals surface area contributed by atoms with Crippen LogP contribution in [-0.4, -0.2) is 37.0 Å². The molecule has 2 unspecified atom stereocenters. The third kappa shape index (κ3) is 4.31. The van der Waals surface area contributed by atoms with Gasteiger partial charge in [0.1, 0.15) is 0 Å². The van der Waals surface area contributed by atoms with E-state index in [2.05, 4.69) is 5.32 Å². The molecule has 1 aromatic carbocycles. The molecule has 1 aromatic rings. The third-order valence-corrected chi connectivity index (χ3v) is 6.54. The van der Waals surface area contributed by atoms with E-state index in [1.54, 1.807) is 26.0 Å². The summed E-state index contributed by atoms with van der Waals surface area (Å²) in [6, 6.07) is 6.99. The van der Waals surface area contributed by atoms with Gasteiger partial charge in [0.05, 0.1) is 15.7 Å². The van der Waals surface area contributed by atoms with E-state index in [-0.39, 0.29) is 6.04 Å². The molecule has 2 rings (SSSR count). The molecule has 1 aliphatic rings. The van der Waals surface area contributed by atoms with Crippen molar-refractivity contribution in [1.29, 1.82) is 0 Å². The van der Waals surface area contributed by atoms with E-state index < -0.39 is 20.7 Å². The Balaban J connectivity index is 2.20. The van der Waals surface area contributed by atoms with Gasteiger partial charge in [0.25, 0.3) is 0 Å². The zero-order valence-corrected chi connectivity index (χ0v) is 14.5. The fraction of sp³-hybridized carbons (Fsp3) is 0.647. The van der Waals surface area contributed by atoms with E-state index in [0.29, 0.717) is 17.9 Å². The summed E-state index contributed by atoms with van der Waals surface area (Å²) in [5, 5.41) is 12.7. The number of aryl methyl sites for hydroxylation is 1. The molecule has 0 amide bonds. The molecule has 0 bridgehead atoms. The molecule has 0 saturated heterocycles. The number of rotatable bonds is 5. The molecular formula is C17H27NO3S. The lowest BCUT2D eigenvalue weighted by molar-refractivity contribution is 0.0747. The molecule has 1 saturated carbocycles. The van der Waals surface area contributed by atoms with E-state index in [4.69, 9.17) is 0 Å². The fourth-order valence-electron chi connectivity index (χ4n) is 2.99. The number of sulfone groups is 1. The van der Waals surface area contributed by atoms with E-state index in [0.717, 1.165) is 24.8 Å². The Morgan fingerprint density at radius 3 is 2.36 bits per heavy atom. The number of aliphatic hydroxyl groups is 1. The van der Waals surface area contributed by atoms with Crippen LogP contribution >= 0.6 is 0 Å². The van der Waals surface area contributed by atoms with Crippen molar-refractivity contribution < 1.29 is 13.5 Å². The second kappa shape index (κ2) is 6.69. The van der Waals surface area contributed by atoms with Crippen molar-refractivity contribution in [2.45, 2.75) is 68.2 Å². The molecule has 124 valence electrons. The standard InChI is InChI=1S/C17H27NO3S/c1-13-8-10-14(11-9-13)22(20,21)16-7-5-4-6-15(16)18-12-17(2,3)19/h8-11,15-16,18-19H,4-7,12H2,1-3H3. The van der Waals surface area contributed by atoms with Crippen LogP contribution in [0.25, 0.3) is 0 Å². The highest BCUT2D eigenvalue weighted by Crippen LogP contribution is 2.29. The molecular weight excluding hydrogens is 298 g/mol. The van der Waals surface area contributed by atoms with Crippen LogP contribution in [0.2, 0.25) is 0 Å². The lowest BCUT2D eigenvalue weighted by atomic mass is 9.94. The molecule has 5 heteroatoms. The quantitative estimate of drug-likeness (QED) is 0.872. The van der Waals surface area contributed by atoms with Crippen molar-refractivity contribution in [3.63, 3.8) is 0 Å². The van der Waals surface area contributed by atoms with E-state index in [1.807, 2.05) is 19.1 Å². The highest BCUT2D eigenvalue weighted by Gasteiger charge is 2.36. The van der Waals surface area contributed by atoms with E-state index in [9.17, 15) is 13.5 Å². The van der Waals surface area contributed by atoms with Crippen molar-refractivity contribution in [2.24, 2.45) is 0 Å². The first-order chi connectivity index (χ1) is 10.2. The summed E-state index contributed by atoms with van der Waals surface area (Å²) in [7, 11) is -3.34. The highest BCUT2D eigenvalue weighted by molar-refractivity contribution is 7.92. The minimum atomic E-state index is -3.34. The van der Waals surface area contributed by atoms with Gasteiger partial charge in [0.15, 0.2) is 9.84 Å². The van der Waals surface area contributed by atoms with Gasteiger partial charge in [-0.15, -0.1) is 0 Å². The zero-order valence-electron chi connectivity index (χ0n) is 13.7. The average Bonchev–Trinajstić information content (AvgIpc) is 2.45. The summed E-state index contributed by atoms with van der Waals surface area (Å²) >= 11 is 0. The molecule has 1 fully saturated rings. The SMILES string of the molecule is Cc1ccc(S(=O)(=O)C2CCCCC2NCC(C)(C)O)cc1. The molecule has 2 atom stereocenters. The number of hydrogen-bond donors (Lipinski definition) is 2. The van der Waals surface area contributed by atoms with Crippen molar-refractivity contribution in [1.82, 2.24) is 5.32 Å². The summed E-state index contributed by atoms with van der Waals surface area (Å²) in [4.78, 5) is 0.403. The molecule has 0 radical (unpaired) electrons. The lowest BCUT2D eigenvalue weighted by Crippen LogP contribution is -2.50. The van der Waals surface area contributed by atoms with Gasteiger partial charge in [0.2, 0.25) is 0 Å². The van der Waals surface area contributed by atoms with Gasteiger partial charge < -0.3 is 10.4 Å². The van der Waals surface area contributed by atoms with Crippen LogP contribution in [0.5, 0.6) is 0 Å². The number of nitrogens with one attached hydrogen (secondary N) is 1. The second-order valence-electron chi connectivity index (χ2n) is 6.98. The van der Waals surface area contributed by atoms with Gasteiger partial charge in [0, 0.05) is 12.6 Å². The maximum Gasteiger partial charge on any atom is 0.182 e. The molecule has 4 nitrogen and oxygen atoms in total. The van der Waals surface area contributed by atoms with Gasteiger partial charge in [-0.3, -0.25) is 0 Å². The first-order valence-corrected chi connectivity index (χ1v) is 9.51. The lowest BCUT2D eigenvalue weighted by Gasteiger charge is -2.33. The van der Waals surface area contributed by atoms with Gasteiger partial charge >= 0.3 is 0 Å². The van der Waals surface area contributed by atoms with Crippen molar-refractivity contribution in [3.05, 3.63) is 29.8 Å². The molecule has 0 heterocycles. The smallest absolute Gasteiger partial charge is 0.182 e. The van der Waals surface area contributed by atoms with Crippen molar-refractivity contribution >= 4 is 9.84 Å². The maximum absolute atomic E-state index is 12.9. The Morgan fingerprint density at radius 1 is 1.18 bits per heavy atom. The van der Waals surface area contributed by atoms with Crippen LogP contribution in [0.3, 0.4) is 0 Å². The van der Waals surface area contributed by atoms with Crippen molar-refractivity contribution in [2.75, 3.05) is 6.54 Å². The minimum absolute atomic E-state index is 0.0912. The minimum Gasteiger partial charge on any atom is -0.389 e. The Kier molecular flexibility index (Phi) is 5.30. The summed E-state index contributed by atoms with van der Waals surface area (Å²) in [5.74, 6) is 0. The largest absolute Gasteiger partial charge is 0.389 e. The summed E-state index contributed by atoms with van der Waals surface area (Å²) in [6.45, 7) is 5.81. The Hall–Kier alpha value is -0.910. The van der Waals surface area contributed by atoms with Crippen LogP contribution in [0, 0.1) is 6.92 Å². The Labute approximate surface area is 133 Å². The second-order valence-corrected chi connectivity index (χ2v) is 9.15. The molecule has 0 aliphatic heterocycles.